The Morgan fingerprint density at radius 1 is 1.00 bits per heavy atom. The molecule has 0 saturated heterocycles. The lowest BCUT2D eigenvalue weighted by atomic mass is 9.78. The number of benzene rings is 2. The summed E-state index contributed by atoms with van der Waals surface area (Å²) in [5, 5.41) is 11.2. The van der Waals surface area contributed by atoms with Crippen LogP contribution in [0.5, 0.6) is 5.75 Å². The first-order chi connectivity index (χ1) is 9.14. The van der Waals surface area contributed by atoms with E-state index in [0.29, 0.717) is 0 Å². The van der Waals surface area contributed by atoms with Crippen molar-refractivity contribution in [2.45, 2.75) is 25.6 Å². The van der Waals surface area contributed by atoms with Crippen LogP contribution in [0.4, 0.5) is 0 Å². The average molecular weight is 254 g/mol. The fourth-order valence-corrected chi connectivity index (χ4v) is 2.82. The van der Waals surface area contributed by atoms with Gasteiger partial charge in [-0.3, -0.25) is 0 Å². The van der Waals surface area contributed by atoms with Gasteiger partial charge in [-0.25, -0.2) is 0 Å². The summed E-state index contributed by atoms with van der Waals surface area (Å²) in [7, 11) is 0. The van der Waals surface area contributed by atoms with Crippen molar-refractivity contribution >= 4 is 0 Å². The summed E-state index contributed by atoms with van der Waals surface area (Å²) in [5.74, 6) is 0.855. The second-order valence-corrected chi connectivity index (χ2v) is 5.38. The zero-order valence-corrected chi connectivity index (χ0v) is 11.2. The third-order valence-corrected chi connectivity index (χ3v) is 3.95. The predicted octanol–water partition coefficient (Wildman–Crippen LogP) is 3.66. The molecule has 0 fully saturated rings. The van der Waals surface area contributed by atoms with Crippen LogP contribution in [0.1, 0.15) is 31.1 Å². The van der Waals surface area contributed by atoms with Crippen LogP contribution in [0, 0.1) is 5.92 Å². The molecule has 0 amide bonds. The fourth-order valence-electron chi connectivity index (χ4n) is 2.82. The van der Waals surface area contributed by atoms with Gasteiger partial charge in [0.2, 0.25) is 0 Å². The van der Waals surface area contributed by atoms with E-state index in [0.717, 1.165) is 16.9 Å². The highest BCUT2D eigenvalue weighted by molar-refractivity contribution is 5.45. The van der Waals surface area contributed by atoms with E-state index in [9.17, 15) is 5.11 Å². The molecule has 0 bridgehead atoms. The molecule has 1 N–H and O–H groups in total. The van der Waals surface area contributed by atoms with E-state index in [-0.39, 0.29) is 12.0 Å². The molecule has 0 saturated carbocycles. The molecule has 3 rings (SSSR count). The van der Waals surface area contributed by atoms with Crippen molar-refractivity contribution in [1.29, 1.82) is 0 Å². The Morgan fingerprint density at radius 2 is 1.63 bits per heavy atom. The van der Waals surface area contributed by atoms with Gasteiger partial charge in [-0.15, -0.1) is 0 Å². The van der Waals surface area contributed by atoms with E-state index in [1.165, 1.54) is 0 Å². The van der Waals surface area contributed by atoms with Crippen LogP contribution in [0.25, 0.3) is 0 Å². The van der Waals surface area contributed by atoms with Gasteiger partial charge in [0.05, 0.1) is 0 Å². The van der Waals surface area contributed by atoms with Gasteiger partial charge in [0.15, 0.2) is 6.10 Å². The molecule has 0 unspecified atom stereocenters. The first-order valence-electron chi connectivity index (χ1n) is 6.67. The highest BCUT2D eigenvalue weighted by Crippen LogP contribution is 2.52. The molecule has 1 aliphatic rings. The molecule has 0 spiro atoms. The zero-order valence-electron chi connectivity index (χ0n) is 11.2. The van der Waals surface area contributed by atoms with Crippen molar-refractivity contribution in [3.05, 3.63) is 65.7 Å². The van der Waals surface area contributed by atoms with Crippen LogP contribution in [0.2, 0.25) is 0 Å². The van der Waals surface area contributed by atoms with Gasteiger partial charge in [0, 0.05) is 5.56 Å². The minimum absolute atomic E-state index is 0.0707. The molecule has 0 radical (unpaired) electrons. The van der Waals surface area contributed by atoms with Crippen molar-refractivity contribution in [3.63, 3.8) is 0 Å². The summed E-state index contributed by atoms with van der Waals surface area (Å²) in [4.78, 5) is 0. The topological polar surface area (TPSA) is 29.5 Å². The summed E-state index contributed by atoms with van der Waals surface area (Å²) >= 11 is 0. The number of hydrogen-bond acceptors (Lipinski definition) is 2. The van der Waals surface area contributed by atoms with E-state index in [4.69, 9.17) is 4.74 Å². The Labute approximate surface area is 113 Å². The molecule has 98 valence electrons. The Hall–Kier alpha value is -1.80. The van der Waals surface area contributed by atoms with E-state index in [2.05, 4.69) is 0 Å². The number of ether oxygens (including phenoxy) is 1. The lowest BCUT2D eigenvalue weighted by molar-refractivity contribution is -0.0777. The Morgan fingerprint density at radius 3 is 2.32 bits per heavy atom. The Bertz CT molecular complexity index is 577. The van der Waals surface area contributed by atoms with Gasteiger partial charge in [-0.2, -0.15) is 0 Å². The van der Waals surface area contributed by atoms with Crippen molar-refractivity contribution in [1.82, 2.24) is 0 Å². The number of hydrogen-bond donors (Lipinski definition) is 1. The number of aliphatic hydroxyl groups is 1. The minimum atomic E-state index is -0.974. The molecule has 2 atom stereocenters. The number of para-hydroxylation sites is 1. The Kier molecular flexibility index (Phi) is 2.83. The van der Waals surface area contributed by atoms with E-state index < -0.39 is 5.60 Å². The van der Waals surface area contributed by atoms with Crippen LogP contribution < -0.4 is 4.74 Å². The maximum atomic E-state index is 11.2. The van der Waals surface area contributed by atoms with Crippen LogP contribution in [-0.2, 0) is 5.60 Å². The van der Waals surface area contributed by atoms with Gasteiger partial charge >= 0.3 is 0 Å². The summed E-state index contributed by atoms with van der Waals surface area (Å²) < 4.78 is 6.02. The second-order valence-electron chi connectivity index (χ2n) is 5.38. The average Bonchev–Trinajstić information content (AvgIpc) is 2.75. The molecule has 2 nitrogen and oxygen atoms in total. The molecule has 2 aromatic carbocycles. The number of fused-ring (bicyclic) bond motifs is 1. The van der Waals surface area contributed by atoms with Crippen LogP contribution >= 0.6 is 0 Å². The molecule has 2 heteroatoms. The van der Waals surface area contributed by atoms with Gasteiger partial charge in [-0.05, 0) is 17.5 Å². The van der Waals surface area contributed by atoms with E-state index in [1.54, 1.807) is 0 Å². The smallest absolute Gasteiger partial charge is 0.157 e. The van der Waals surface area contributed by atoms with Crippen molar-refractivity contribution < 1.29 is 9.84 Å². The highest BCUT2D eigenvalue weighted by Gasteiger charge is 2.50. The molecule has 2 aromatic rings. The SMILES string of the molecule is CC(C)[C@@]1(O)c2ccccc2O[C@@H]1c1ccccc1. The number of rotatable bonds is 2. The molecule has 0 aromatic heterocycles. The lowest BCUT2D eigenvalue weighted by Crippen LogP contribution is -2.36. The lowest BCUT2D eigenvalue weighted by Gasteiger charge is -2.33. The first-order valence-corrected chi connectivity index (χ1v) is 6.67. The summed E-state index contributed by atoms with van der Waals surface area (Å²) in [6, 6.07) is 17.7. The maximum Gasteiger partial charge on any atom is 0.157 e. The normalized spacial score (nSPS) is 25.2. The molecular formula is C17H18O2. The zero-order chi connectivity index (χ0) is 13.5. The molecular weight excluding hydrogens is 236 g/mol. The van der Waals surface area contributed by atoms with Crippen LogP contribution in [-0.4, -0.2) is 5.11 Å². The third kappa shape index (κ3) is 1.75. The molecule has 1 aliphatic heterocycles. The monoisotopic (exact) mass is 254 g/mol. The third-order valence-electron chi connectivity index (χ3n) is 3.95. The van der Waals surface area contributed by atoms with Crippen LogP contribution in [0.15, 0.2) is 54.6 Å². The fraction of sp³-hybridized carbons (Fsp3) is 0.294. The maximum absolute atomic E-state index is 11.2. The molecule has 19 heavy (non-hydrogen) atoms. The molecule has 0 aliphatic carbocycles. The minimum Gasteiger partial charge on any atom is -0.482 e. The predicted molar refractivity (Wildman–Crippen MR) is 75.0 cm³/mol. The van der Waals surface area contributed by atoms with Gasteiger partial charge in [-0.1, -0.05) is 62.4 Å². The first kappa shape index (κ1) is 12.2. The highest BCUT2D eigenvalue weighted by atomic mass is 16.5. The summed E-state index contributed by atoms with van der Waals surface area (Å²) in [6.45, 7) is 4.06. The van der Waals surface area contributed by atoms with Crippen LogP contribution in [0.3, 0.4) is 0 Å². The quantitative estimate of drug-likeness (QED) is 0.886. The Balaban J connectivity index is 2.14. The van der Waals surface area contributed by atoms with E-state index >= 15 is 0 Å². The van der Waals surface area contributed by atoms with Crippen molar-refractivity contribution in [3.8, 4) is 5.75 Å². The second kappa shape index (κ2) is 4.39. The van der Waals surface area contributed by atoms with Crippen molar-refractivity contribution in [2.75, 3.05) is 0 Å². The van der Waals surface area contributed by atoms with Gasteiger partial charge in [0.1, 0.15) is 11.4 Å². The standard InChI is InChI=1S/C17H18O2/c1-12(2)17(18)14-10-6-7-11-15(14)19-16(17)13-8-4-3-5-9-13/h3-12,16,18H,1-2H3/t16-,17-/m1/s1. The summed E-state index contributed by atoms with van der Waals surface area (Å²) in [5.41, 5.74) is 0.923. The van der Waals surface area contributed by atoms with E-state index in [1.807, 2.05) is 68.4 Å². The summed E-state index contributed by atoms with van der Waals surface area (Å²) in [6.07, 6.45) is -0.342. The van der Waals surface area contributed by atoms with Gasteiger partial charge < -0.3 is 9.84 Å². The van der Waals surface area contributed by atoms with Crippen molar-refractivity contribution in [2.24, 2.45) is 5.92 Å². The van der Waals surface area contributed by atoms with Gasteiger partial charge in [0.25, 0.3) is 0 Å². The largest absolute Gasteiger partial charge is 0.482 e. The molecule has 1 heterocycles.